The number of carbonyl (C=O) groups excluding carboxylic acids is 3. The van der Waals surface area contributed by atoms with Crippen molar-refractivity contribution in [1.29, 1.82) is 0 Å². The van der Waals surface area contributed by atoms with Gasteiger partial charge in [-0.3, -0.25) is 14.4 Å². The van der Waals surface area contributed by atoms with Crippen molar-refractivity contribution < 1.29 is 14.4 Å². The van der Waals surface area contributed by atoms with E-state index in [1.54, 1.807) is 11.8 Å². The molecule has 3 N–H and O–H groups in total. The van der Waals surface area contributed by atoms with E-state index in [1.807, 2.05) is 56.3 Å². The van der Waals surface area contributed by atoms with Crippen LogP contribution < -0.4 is 20.9 Å². The molecule has 0 aromatic heterocycles. The summed E-state index contributed by atoms with van der Waals surface area (Å²) in [5.41, 5.74) is 4.19. The minimum Gasteiger partial charge on any atom is -0.352 e. The molecule has 1 fully saturated rings. The molecule has 4 rings (SSSR count). The van der Waals surface area contributed by atoms with Crippen LogP contribution in [0.3, 0.4) is 0 Å². The van der Waals surface area contributed by atoms with Gasteiger partial charge in [0.1, 0.15) is 12.1 Å². The highest BCUT2D eigenvalue weighted by atomic mass is 16.2. The van der Waals surface area contributed by atoms with E-state index in [0.29, 0.717) is 5.69 Å². The second kappa shape index (κ2) is 9.65. The maximum absolute atomic E-state index is 13.1. The number of rotatable bonds is 6. The molecular weight excluding hydrogens is 416 g/mol. The van der Waals surface area contributed by atoms with Crippen LogP contribution >= 0.6 is 0 Å². The zero-order chi connectivity index (χ0) is 23.5. The molecule has 1 saturated carbocycles. The Bertz CT molecular complexity index is 1060. The summed E-state index contributed by atoms with van der Waals surface area (Å²) >= 11 is 0. The van der Waals surface area contributed by atoms with Gasteiger partial charge < -0.3 is 20.9 Å². The predicted molar refractivity (Wildman–Crippen MR) is 130 cm³/mol. The van der Waals surface area contributed by atoms with Crippen molar-refractivity contribution in [2.45, 2.75) is 71.0 Å². The summed E-state index contributed by atoms with van der Waals surface area (Å²) in [6, 6.07) is 12.0. The molecule has 0 saturated heterocycles. The fraction of sp³-hybridized carbons (Fsp3) is 0.423. The van der Waals surface area contributed by atoms with E-state index in [0.717, 1.165) is 48.2 Å². The molecule has 2 aromatic rings. The lowest BCUT2D eigenvalue weighted by Crippen LogP contribution is -2.58. The molecule has 0 bridgehead atoms. The van der Waals surface area contributed by atoms with E-state index < -0.39 is 12.1 Å². The summed E-state index contributed by atoms with van der Waals surface area (Å²) in [6.45, 7) is 5.74. The van der Waals surface area contributed by atoms with Crippen LogP contribution in [-0.4, -0.2) is 35.8 Å². The SMILES string of the molecule is Cc1ccc(NC(=O)C[C@@H]2C(=O)Nc3ccccc3N2[C@H](C)C(=O)NC2CCCC2)c(C)c1. The molecule has 1 aliphatic heterocycles. The molecule has 1 aliphatic carbocycles. The summed E-state index contributed by atoms with van der Waals surface area (Å²) in [5, 5.41) is 8.97. The highest BCUT2D eigenvalue weighted by Crippen LogP contribution is 2.35. The normalized spacial score (nSPS) is 18.9. The molecule has 2 aromatic carbocycles. The molecule has 33 heavy (non-hydrogen) atoms. The van der Waals surface area contributed by atoms with Crippen LogP contribution in [0.25, 0.3) is 0 Å². The number of amides is 3. The Morgan fingerprint density at radius 3 is 2.58 bits per heavy atom. The topological polar surface area (TPSA) is 90.5 Å². The Morgan fingerprint density at radius 2 is 1.85 bits per heavy atom. The molecule has 174 valence electrons. The number of carbonyl (C=O) groups is 3. The van der Waals surface area contributed by atoms with Gasteiger partial charge in [-0.05, 0) is 57.4 Å². The summed E-state index contributed by atoms with van der Waals surface area (Å²) in [4.78, 5) is 41.0. The number of aryl methyl sites for hydroxylation is 2. The molecular formula is C26H32N4O3. The quantitative estimate of drug-likeness (QED) is 0.625. The monoisotopic (exact) mass is 448 g/mol. The standard InChI is InChI=1S/C26H32N4O3/c1-16-12-13-20(17(2)14-16)28-24(31)15-23-26(33)29-21-10-6-7-11-22(21)30(23)18(3)25(32)27-19-8-4-5-9-19/h6-7,10-14,18-19,23H,4-5,8-9,15H2,1-3H3,(H,27,32)(H,28,31)(H,29,33)/t18-,23-/m1/s1. The van der Waals surface area contributed by atoms with E-state index in [4.69, 9.17) is 0 Å². The van der Waals surface area contributed by atoms with E-state index in [2.05, 4.69) is 16.0 Å². The lowest BCUT2D eigenvalue weighted by atomic mass is 10.0. The number of para-hydroxylation sites is 2. The van der Waals surface area contributed by atoms with Crippen molar-refractivity contribution in [3.63, 3.8) is 0 Å². The van der Waals surface area contributed by atoms with Crippen molar-refractivity contribution in [2.24, 2.45) is 0 Å². The Kier molecular flexibility index (Phi) is 6.67. The average molecular weight is 449 g/mol. The van der Waals surface area contributed by atoms with Crippen LogP contribution in [0.15, 0.2) is 42.5 Å². The van der Waals surface area contributed by atoms with Gasteiger partial charge in [0.25, 0.3) is 0 Å². The Hall–Kier alpha value is -3.35. The molecule has 3 amide bonds. The number of nitrogens with one attached hydrogen (secondary N) is 3. The first-order valence-electron chi connectivity index (χ1n) is 11.7. The smallest absolute Gasteiger partial charge is 0.247 e. The van der Waals surface area contributed by atoms with Gasteiger partial charge in [-0.25, -0.2) is 0 Å². The van der Waals surface area contributed by atoms with Crippen LogP contribution in [0, 0.1) is 13.8 Å². The highest BCUT2D eigenvalue weighted by Gasteiger charge is 2.39. The van der Waals surface area contributed by atoms with Gasteiger partial charge in [0.2, 0.25) is 17.7 Å². The van der Waals surface area contributed by atoms with Gasteiger partial charge in [-0.2, -0.15) is 0 Å². The minimum atomic E-state index is -0.796. The van der Waals surface area contributed by atoms with Crippen LogP contribution in [0.1, 0.15) is 50.2 Å². The Labute approximate surface area is 194 Å². The fourth-order valence-corrected chi connectivity index (χ4v) is 4.83. The number of anilines is 3. The first kappa shape index (κ1) is 22.8. The van der Waals surface area contributed by atoms with Crippen molar-refractivity contribution in [3.05, 3.63) is 53.6 Å². The van der Waals surface area contributed by atoms with Gasteiger partial charge in [-0.15, -0.1) is 0 Å². The molecule has 0 spiro atoms. The van der Waals surface area contributed by atoms with E-state index in [9.17, 15) is 14.4 Å². The summed E-state index contributed by atoms with van der Waals surface area (Å²) in [5.74, 6) is -0.675. The van der Waals surface area contributed by atoms with Crippen molar-refractivity contribution >= 4 is 34.8 Å². The number of hydrogen-bond acceptors (Lipinski definition) is 4. The summed E-state index contributed by atoms with van der Waals surface area (Å²) in [6.07, 6.45) is 4.15. The molecule has 7 nitrogen and oxygen atoms in total. The average Bonchev–Trinajstić information content (AvgIpc) is 3.29. The lowest BCUT2D eigenvalue weighted by molar-refractivity contribution is -0.125. The van der Waals surface area contributed by atoms with Gasteiger partial charge >= 0.3 is 0 Å². The second-order valence-electron chi connectivity index (χ2n) is 9.17. The lowest BCUT2D eigenvalue weighted by Gasteiger charge is -2.41. The van der Waals surface area contributed by atoms with Gasteiger partial charge in [-0.1, -0.05) is 42.7 Å². The van der Waals surface area contributed by atoms with E-state index >= 15 is 0 Å². The third-order valence-electron chi connectivity index (χ3n) is 6.61. The second-order valence-corrected chi connectivity index (χ2v) is 9.17. The van der Waals surface area contributed by atoms with E-state index in [-0.39, 0.29) is 30.2 Å². The Morgan fingerprint density at radius 1 is 1.12 bits per heavy atom. The number of hydrogen-bond donors (Lipinski definition) is 3. The highest BCUT2D eigenvalue weighted by molar-refractivity contribution is 6.08. The molecule has 7 heteroatoms. The fourth-order valence-electron chi connectivity index (χ4n) is 4.83. The summed E-state index contributed by atoms with van der Waals surface area (Å²) in [7, 11) is 0. The molecule has 2 atom stereocenters. The third-order valence-corrected chi connectivity index (χ3v) is 6.61. The van der Waals surface area contributed by atoms with E-state index in [1.165, 1.54) is 0 Å². The zero-order valence-corrected chi connectivity index (χ0v) is 19.5. The minimum absolute atomic E-state index is 0.0610. The van der Waals surface area contributed by atoms with Crippen molar-refractivity contribution in [1.82, 2.24) is 5.32 Å². The van der Waals surface area contributed by atoms with Crippen LogP contribution in [0.2, 0.25) is 0 Å². The molecule has 2 aliphatic rings. The Balaban J connectivity index is 1.56. The van der Waals surface area contributed by atoms with Crippen LogP contribution in [0.4, 0.5) is 17.1 Å². The first-order chi connectivity index (χ1) is 15.8. The number of nitrogens with zero attached hydrogens (tertiary/aromatic N) is 1. The largest absolute Gasteiger partial charge is 0.352 e. The molecule has 0 radical (unpaired) electrons. The first-order valence-corrected chi connectivity index (χ1v) is 11.7. The summed E-state index contributed by atoms with van der Waals surface area (Å²) < 4.78 is 0. The van der Waals surface area contributed by atoms with Gasteiger partial charge in [0.05, 0.1) is 17.8 Å². The van der Waals surface area contributed by atoms with Crippen LogP contribution in [0.5, 0.6) is 0 Å². The van der Waals surface area contributed by atoms with Crippen LogP contribution in [-0.2, 0) is 14.4 Å². The molecule has 1 heterocycles. The van der Waals surface area contributed by atoms with Crippen molar-refractivity contribution in [3.8, 4) is 0 Å². The number of benzene rings is 2. The van der Waals surface area contributed by atoms with Crippen molar-refractivity contribution in [2.75, 3.05) is 15.5 Å². The zero-order valence-electron chi connectivity index (χ0n) is 19.5. The maximum Gasteiger partial charge on any atom is 0.247 e. The third kappa shape index (κ3) is 5.02. The van der Waals surface area contributed by atoms with Gasteiger partial charge in [0.15, 0.2) is 0 Å². The van der Waals surface area contributed by atoms with Gasteiger partial charge in [0, 0.05) is 11.7 Å². The maximum atomic E-state index is 13.1. The molecule has 0 unspecified atom stereocenters. The number of fused-ring (bicyclic) bond motifs is 1. The predicted octanol–water partition coefficient (Wildman–Crippen LogP) is 3.91.